The number of ether oxygens (including phenoxy) is 1. The molecule has 0 unspecified atom stereocenters. The molecule has 0 amide bonds. The molecule has 1 aliphatic carbocycles. The second-order valence-electron chi connectivity index (χ2n) is 13.6. The highest BCUT2D eigenvalue weighted by atomic mass is 28.4. The number of benzene rings is 6. The monoisotopic (exact) mass is 616 g/mol. The van der Waals surface area contributed by atoms with E-state index < -0.39 is 8.56 Å². The van der Waals surface area contributed by atoms with Gasteiger partial charge >= 0.3 is 8.56 Å². The Morgan fingerprint density at radius 3 is 1.37 bits per heavy atom. The first-order chi connectivity index (χ1) is 22.2. The normalized spacial score (nSPS) is 14.0. The molecular weight excluding hydrogens is 581 g/mol. The number of hydrogen-bond donors (Lipinski definition) is 0. The summed E-state index contributed by atoms with van der Waals surface area (Å²) in [6, 6.07) is 45.3. The zero-order chi connectivity index (χ0) is 31.6. The van der Waals surface area contributed by atoms with Gasteiger partial charge in [0.05, 0.1) is 0 Å². The number of rotatable bonds is 1. The highest BCUT2D eigenvalue weighted by Gasteiger charge is 2.35. The average molecular weight is 617 g/mol. The summed E-state index contributed by atoms with van der Waals surface area (Å²) in [6.45, 7) is 11.0. The molecule has 0 saturated heterocycles. The first kappa shape index (κ1) is 28.4. The Morgan fingerprint density at radius 1 is 0.413 bits per heavy atom. The van der Waals surface area contributed by atoms with Gasteiger partial charge in [0.25, 0.3) is 0 Å². The van der Waals surface area contributed by atoms with Crippen molar-refractivity contribution >= 4 is 8.56 Å². The van der Waals surface area contributed by atoms with E-state index in [0.29, 0.717) is 23.0 Å². The van der Waals surface area contributed by atoms with Gasteiger partial charge in [0.1, 0.15) is 11.5 Å². The van der Waals surface area contributed by atoms with E-state index in [1.165, 1.54) is 50.1 Å². The fourth-order valence-electron chi connectivity index (χ4n) is 6.94. The first-order valence-corrected chi connectivity index (χ1v) is 18.7. The van der Waals surface area contributed by atoms with Crippen LogP contribution >= 0.6 is 0 Å². The Bertz CT molecular complexity index is 2150. The molecule has 6 aromatic carbocycles. The van der Waals surface area contributed by atoms with E-state index in [1.807, 2.05) is 30.3 Å². The Morgan fingerprint density at radius 2 is 0.826 bits per heavy atom. The minimum absolute atomic E-state index is 0.167. The largest absolute Gasteiger partial charge is 0.509 e. The van der Waals surface area contributed by atoms with Gasteiger partial charge in [0.15, 0.2) is 11.5 Å². The van der Waals surface area contributed by atoms with Gasteiger partial charge in [-0.25, -0.2) is 0 Å². The Balaban J connectivity index is 1.46. The third-order valence-electron chi connectivity index (χ3n) is 8.95. The molecule has 1 heterocycles. The maximum absolute atomic E-state index is 6.76. The molecule has 8 rings (SSSR count). The second kappa shape index (κ2) is 10.5. The van der Waals surface area contributed by atoms with Crippen LogP contribution in [0.4, 0.5) is 0 Å². The minimum atomic E-state index is -2.59. The molecule has 0 aromatic heterocycles. The average Bonchev–Trinajstić information content (AvgIpc) is 3.04. The smallest absolute Gasteiger partial charge is 0.454 e. The first-order valence-electron chi connectivity index (χ1n) is 15.9. The Hall–Kier alpha value is -5.06. The van der Waals surface area contributed by atoms with Crippen molar-refractivity contribution in [1.82, 2.24) is 0 Å². The van der Waals surface area contributed by atoms with Gasteiger partial charge in [0.2, 0.25) is 0 Å². The highest BCUT2D eigenvalue weighted by molar-refractivity contribution is 6.66. The maximum atomic E-state index is 6.76. The molecule has 1 aliphatic heterocycles. The summed E-state index contributed by atoms with van der Waals surface area (Å²) in [7, 11) is -2.59. The standard InChI is InChI=1S/C42H36O3Si/c1-42(2,3)37-26-35-32-20-11-9-18-30(32)28-16-7-6-15-27(28)29-17-8-10-19-31(29)34(35)25-36(37)33-21-14-24-40-41(33)43-38-22-12-13-23-39(38)44-46(4,5)45-40/h6-26H,1-5H3. The van der Waals surface area contributed by atoms with Crippen LogP contribution in [0.3, 0.4) is 0 Å². The fourth-order valence-corrected chi connectivity index (χ4v) is 8.37. The van der Waals surface area contributed by atoms with Gasteiger partial charge in [0, 0.05) is 18.7 Å². The molecule has 3 nitrogen and oxygen atoms in total. The molecule has 0 spiro atoms. The topological polar surface area (TPSA) is 27.7 Å². The van der Waals surface area contributed by atoms with Crippen molar-refractivity contribution in [3.8, 4) is 78.6 Å². The van der Waals surface area contributed by atoms with E-state index in [1.54, 1.807) is 0 Å². The second-order valence-corrected chi connectivity index (χ2v) is 16.8. The molecule has 0 atom stereocenters. The van der Waals surface area contributed by atoms with E-state index in [-0.39, 0.29) is 5.41 Å². The SMILES string of the molecule is CC(C)(C)c1cc2c(cc1-c1cccc3c1Oc1ccccc1O[Si](C)(C)O3)-c1ccccc1-c1ccccc1-c1ccccc1-2. The number of hydrogen-bond acceptors (Lipinski definition) is 3. The molecule has 0 saturated carbocycles. The Kier molecular flexibility index (Phi) is 6.49. The van der Waals surface area contributed by atoms with E-state index in [4.69, 9.17) is 13.6 Å². The molecule has 226 valence electrons. The molecule has 0 N–H and O–H groups in total. The van der Waals surface area contributed by atoms with Crippen LogP contribution in [0.1, 0.15) is 26.3 Å². The number of para-hydroxylation sites is 3. The van der Waals surface area contributed by atoms with Crippen LogP contribution in [0.5, 0.6) is 23.0 Å². The predicted octanol–water partition coefficient (Wildman–Crippen LogP) is 11.9. The highest BCUT2D eigenvalue weighted by Crippen LogP contribution is 2.53. The predicted molar refractivity (Wildman–Crippen MR) is 191 cm³/mol. The lowest BCUT2D eigenvalue weighted by atomic mass is 9.75. The van der Waals surface area contributed by atoms with E-state index in [2.05, 4.69) is 131 Å². The van der Waals surface area contributed by atoms with Crippen molar-refractivity contribution in [2.45, 2.75) is 39.3 Å². The van der Waals surface area contributed by atoms with Crippen molar-refractivity contribution in [2.24, 2.45) is 0 Å². The zero-order valence-corrected chi connectivity index (χ0v) is 27.8. The molecule has 2 aliphatic rings. The summed E-state index contributed by atoms with van der Waals surface area (Å²) in [5.74, 6) is 2.82. The molecule has 46 heavy (non-hydrogen) atoms. The molecule has 4 heteroatoms. The summed E-state index contributed by atoms with van der Waals surface area (Å²) in [5, 5.41) is 0. The van der Waals surface area contributed by atoms with Crippen LogP contribution in [0, 0.1) is 0 Å². The summed E-state index contributed by atoms with van der Waals surface area (Å²) < 4.78 is 19.8. The lowest BCUT2D eigenvalue weighted by Crippen LogP contribution is -2.42. The van der Waals surface area contributed by atoms with Crippen LogP contribution in [0.15, 0.2) is 127 Å². The van der Waals surface area contributed by atoms with Crippen molar-refractivity contribution < 1.29 is 13.6 Å². The van der Waals surface area contributed by atoms with E-state index in [9.17, 15) is 0 Å². The van der Waals surface area contributed by atoms with Crippen molar-refractivity contribution in [3.63, 3.8) is 0 Å². The van der Waals surface area contributed by atoms with Gasteiger partial charge in [-0.1, -0.05) is 118 Å². The molecule has 0 radical (unpaired) electrons. The van der Waals surface area contributed by atoms with Gasteiger partial charge in [-0.2, -0.15) is 0 Å². The van der Waals surface area contributed by atoms with Gasteiger partial charge in [-0.05, 0) is 91.4 Å². The Labute approximate surface area is 272 Å². The molecular formula is C42H36O3Si. The summed E-state index contributed by atoms with van der Waals surface area (Å²) in [4.78, 5) is 0. The van der Waals surface area contributed by atoms with Crippen molar-refractivity contribution in [2.75, 3.05) is 0 Å². The van der Waals surface area contributed by atoms with Crippen LogP contribution in [-0.4, -0.2) is 8.56 Å². The van der Waals surface area contributed by atoms with Crippen LogP contribution in [-0.2, 0) is 5.41 Å². The third-order valence-corrected chi connectivity index (χ3v) is 10.4. The maximum Gasteiger partial charge on any atom is 0.454 e. The molecule has 0 bridgehead atoms. The fraction of sp³-hybridized carbons (Fsp3) is 0.143. The zero-order valence-electron chi connectivity index (χ0n) is 26.8. The third kappa shape index (κ3) is 4.72. The minimum Gasteiger partial charge on any atom is -0.509 e. The van der Waals surface area contributed by atoms with Crippen LogP contribution < -0.4 is 13.6 Å². The van der Waals surface area contributed by atoms with E-state index in [0.717, 1.165) is 11.1 Å². The van der Waals surface area contributed by atoms with Crippen LogP contribution in [0.2, 0.25) is 13.1 Å². The van der Waals surface area contributed by atoms with Gasteiger partial charge in [-0.15, -0.1) is 0 Å². The van der Waals surface area contributed by atoms with E-state index >= 15 is 0 Å². The summed E-state index contributed by atoms with van der Waals surface area (Å²) in [5.41, 5.74) is 13.0. The summed E-state index contributed by atoms with van der Waals surface area (Å²) in [6.07, 6.45) is 0. The van der Waals surface area contributed by atoms with Crippen molar-refractivity contribution in [3.05, 3.63) is 133 Å². The lowest BCUT2D eigenvalue weighted by Gasteiger charge is -2.32. The van der Waals surface area contributed by atoms with Crippen molar-refractivity contribution in [1.29, 1.82) is 0 Å². The van der Waals surface area contributed by atoms with Gasteiger partial charge in [-0.3, -0.25) is 0 Å². The van der Waals surface area contributed by atoms with Crippen LogP contribution in [0.25, 0.3) is 55.6 Å². The summed E-state index contributed by atoms with van der Waals surface area (Å²) >= 11 is 0. The molecule has 0 fully saturated rings. The number of fused-ring (bicyclic) bond motifs is 10. The molecule has 6 aromatic rings. The lowest BCUT2D eigenvalue weighted by molar-refractivity contribution is 0.345. The quantitative estimate of drug-likeness (QED) is 0.172. The van der Waals surface area contributed by atoms with Gasteiger partial charge < -0.3 is 13.6 Å².